The smallest absolute Gasteiger partial charge is 0.146 e. The normalized spacial score (nSPS) is 20.4. The topological polar surface area (TPSA) is 15.3 Å². The number of hydrogen-bond acceptors (Lipinski definition) is 2. The van der Waals surface area contributed by atoms with Gasteiger partial charge in [0, 0.05) is 19.1 Å². The first-order chi connectivity index (χ1) is 7.70. The fourth-order valence-corrected chi connectivity index (χ4v) is 2.30. The average molecular weight is 222 g/mol. The van der Waals surface area contributed by atoms with E-state index in [4.69, 9.17) is 0 Å². The van der Waals surface area contributed by atoms with Gasteiger partial charge in [-0.05, 0) is 37.6 Å². The van der Waals surface area contributed by atoms with E-state index in [2.05, 4.69) is 17.1 Å². The van der Waals surface area contributed by atoms with E-state index in [0.717, 1.165) is 37.3 Å². The molecule has 0 aliphatic carbocycles. The molecule has 0 aromatic heterocycles. The van der Waals surface area contributed by atoms with Gasteiger partial charge >= 0.3 is 0 Å². The van der Waals surface area contributed by atoms with Crippen molar-refractivity contribution in [2.24, 2.45) is 0 Å². The quantitative estimate of drug-likeness (QED) is 0.844. The van der Waals surface area contributed by atoms with E-state index < -0.39 is 0 Å². The van der Waals surface area contributed by atoms with Crippen LogP contribution in [0.5, 0.6) is 0 Å². The standard InChI is InChI=1S/C13H19FN2/c1-3-15-11-6-7-16(9-11)13-5-4-10(2)8-12(13)14/h4-5,8,11,15H,3,6-7,9H2,1-2H3. The minimum atomic E-state index is -0.0999. The van der Waals surface area contributed by atoms with Crippen molar-refractivity contribution in [3.63, 3.8) is 0 Å². The number of anilines is 1. The highest BCUT2D eigenvalue weighted by Gasteiger charge is 2.23. The number of benzene rings is 1. The van der Waals surface area contributed by atoms with E-state index in [1.165, 1.54) is 0 Å². The maximum Gasteiger partial charge on any atom is 0.146 e. The molecule has 0 saturated carbocycles. The SMILES string of the molecule is CCNC1CCN(c2ccc(C)cc2F)C1. The number of rotatable bonds is 3. The van der Waals surface area contributed by atoms with Crippen molar-refractivity contribution in [1.82, 2.24) is 5.32 Å². The minimum Gasteiger partial charge on any atom is -0.368 e. The first kappa shape index (κ1) is 11.4. The molecule has 1 aromatic carbocycles. The third-order valence-corrected chi connectivity index (χ3v) is 3.12. The molecular weight excluding hydrogens is 203 g/mol. The number of aryl methyl sites for hydroxylation is 1. The number of halogens is 1. The lowest BCUT2D eigenvalue weighted by Gasteiger charge is -2.19. The molecular formula is C13H19FN2. The lowest BCUT2D eigenvalue weighted by atomic mass is 10.2. The first-order valence-electron chi connectivity index (χ1n) is 5.95. The van der Waals surface area contributed by atoms with Crippen LogP contribution >= 0.6 is 0 Å². The second-order valence-corrected chi connectivity index (χ2v) is 4.44. The van der Waals surface area contributed by atoms with Crippen molar-refractivity contribution in [2.75, 3.05) is 24.5 Å². The van der Waals surface area contributed by atoms with Crippen LogP contribution in [0.4, 0.5) is 10.1 Å². The summed E-state index contributed by atoms with van der Waals surface area (Å²) in [6.45, 7) is 6.85. The fourth-order valence-electron chi connectivity index (χ4n) is 2.30. The highest BCUT2D eigenvalue weighted by Crippen LogP contribution is 2.24. The van der Waals surface area contributed by atoms with E-state index in [1.54, 1.807) is 6.07 Å². The Kier molecular flexibility index (Phi) is 3.44. The zero-order valence-corrected chi connectivity index (χ0v) is 9.96. The van der Waals surface area contributed by atoms with Gasteiger partial charge in [0.15, 0.2) is 0 Å². The van der Waals surface area contributed by atoms with Crippen LogP contribution in [0.15, 0.2) is 18.2 Å². The molecule has 1 saturated heterocycles. The molecule has 16 heavy (non-hydrogen) atoms. The van der Waals surface area contributed by atoms with Gasteiger partial charge in [0.1, 0.15) is 5.82 Å². The molecule has 1 fully saturated rings. The van der Waals surface area contributed by atoms with Gasteiger partial charge in [-0.2, -0.15) is 0 Å². The zero-order chi connectivity index (χ0) is 11.5. The van der Waals surface area contributed by atoms with Gasteiger partial charge in [-0.25, -0.2) is 4.39 Å². The predicted octanol–water partition coefficient (Wildman–Crippen LogP) is 2.32. The molecule has 2 nitrogen and oxygen atoms in total. The van der Waals surface area contributed by atoms with Crippen LogP contribution in [0.25, 0.3) is 0 Å². The van der Waals surface area contributed by atoms with Crippen LogP contribution in [0, 0.1) is 12.7 Å². The molecule has 2 rings (SSSR count). The van der Waals surface area contributed by atoms with Crippen LogP contribution in [0.3, 0.4) is 0 Å². The molecule has 0 spiro atoms. The summed E-state index contributed by atoms with van der Waals surface area (Å²) < 4.78 is 13.8. The molecule has 1 N–H and O–H groups in total. The van der Waals surface area contributed by atoms with Crippen LogP contribution in [0.1, 0.15) is 18.9 Å². The van der Waals surface area contributed by atoms with Gasteiger partial charge in [0.25, 0.3) is 0 Å². The van der Waals surface area contributed by atoms with Crippen molar-refractivity contribution >= 4 is 5.69 Å². The van der Waals surface area contributed by atoms with Crippen LogP contribution in [-0.2, 0) is 0 Å². The van der Waals surface area contributed by atoms with E-state index >= 15 is 0 Å². The van der Waals surface area contributed by atoms with Crippen molar-refractivity contribution in [3.8, 4) is 0 Å². The lowest BCUT2D eigenvalue weighted by Crippen LogP contribution is -2.32. The third kappa shape index (κ3) is 2.35. The second-order valence-electron chi connectivity index (χ2n) is 4.44. The molecule has 1 aromatic rings. The summed E-state index contributed by atoms with van der Waals surface area (Å²) in [6.07, 6.45) is 1.10. The van der Waals surface area contributed by atoms with E-state index in [1.807, 2.05) is 19.1 Å². The van der Waals surface area contributed by atoms with Gasteiger partial charge in [0.2, 0.25) is 0 Å². The summed E-state index contributed by atoms with van der Waals surface area (Å²) >= 11 is 0. The van der Waals surface area contributed by atoms with Crippen molar-refractivity contribution in [3.05, 3.63) is 29.6 Å². The van der Waals surface area contributed by atoms with Gasteiger partial charge < -0.3 is 10.2 Å². The molecule has 1 heterocycles. The molecule has 1 atom stereocenters. The predicted molar refractivity (Wildman–Crippen MR) is 65.4 cm³/mol. The molecule has 0 bridgehead atoms. The third-order valence-electron chi connectivity index (χ3n) is 3.12. The molecule has 1 aliphatic heterocycles. The molecule has 1 aliphatic rings. The summed E-state index contributed by atoms with van der Waals surface area (Å²) in [7, 11) is 0. The Morgan fingerprint density at radius 2 is 2.31 bits per heavy atom. The second kappa shape index (κ2) is 4.83. The van der Waals surface area contributed by atoms with Gasteiger partial charge in [0.05, 0.1) is 5.69 Å². The van der Waals surface area contributed by atoms with Crippen LogP contribution < -0.4 is 10.2 Å². The van der Waals surface area contributed by atoms with Crippen molar-refractivity contribution in [2.45, 2.75) is 26.3 Å². The maximum absolute atomic E-state index is 13.8. The van der Waals surface area contributed by atoms with Crippen molar-refractivity contribution in [1.29, 1.82) is 0 Å². The first-order valence-corrected chi connectivity index (χ1v) is 5.95. The molecule has 1 unspecified atom stereocenters. The summed E-state index contributed by atoms with van der Waals surface area (Å²) in [5.74, 6) is -0.0999. The van der Waals surface area contributed by atoms with E-state index in [-0.39, 0.29) is 5.82 Å². The molecule has 0 amide bonds. The Morgan fingerprint density at radius 3 is 3.00 bits per heavy atom. The lowest BCUT2D eigenvalue weighted by molar-refractivity contribution is 0.570. The minimum absolute atomic E-state index is 0.0999. The summed E-state index contributed by atoms with van der Waals surface area (Å²) in [6, 6.07) is 5.97. The zero-order valence-electron chi connectivity index (χ0n) is 9.96. The highest BCUT2D eigenvalue weighted by molar-refractivity contribution is 5.50. The summed E-state index contributed by atoms with van der Waals surface area (Å²) in [4.78, 5) is 2.13. The molecule has 88 valence electrons. The fraction of sp³-hybridized carbons (Fsp3) is 0.538. The average Bonchev–Trinajstić information content (AvgIpc) is 2.67. The van der Waals surface area contributed by atoms with Gasteiger partial charge in [-0.3, -0.25) is 0 Å². The largest absolute Gasteiger partial charge is 0.368 e. The summed E-state index contributed by atoms with van der Waals surface area (Å²) in [5.41, 5.74) is 1.72. The van der Waals surface area contributed by atoms with Crippen LogP contribution in [-0.4, -0.2) is 25.7 Å². The summed E-state index contributed by atoms with van der Waals surface area (Å²) in [5, 5.41) is 3.41. The number of nitrogens with zero attached hydrogens (tertiary/aromatic N) is 1. The number of nitrogens with one attached hydrogen (secondary N) is 1. The Balaban J connectivity index is 2.08. The van der Waals surface area contributed by atoms with E-state index in [9.17, 15) is 4.39 Å². The Morgan fingerprint density at radius 1 is 1.50 bits per heavy atom. The molecule has 0 radical (unpaired) electrons. The monoisotopic (exact) mass is 222 g/mol. The number of hydrogen-bond donors (Lipinski definition) is 1. The number of likely N-dealkylation sites (N-methyl/N-ethyl adjacent to an activating group) is 1. The molecule has 3 heteroatoms. The highest BCUT2D eigenvalue weighted by atomic mass is 19.1. The van der Waals surface area contributed by atoms with Crippen LogP contribution in [0.2, 0.25) is 0 Å². The Labute approximate surface area is 96.5 Å². The Hall–Kier alpha value is -1.09. The van der Waals surface area contributed by atoms with Gasteiger partial charge in [-0.1, -0.05) is 13.0 Å². The van der Waals surface area contributed by atoms with Crippen molar-refractivity contribution < 1.29 is 4.39 Å². The van der Waals surface area contributed by atoms with E-state index in [0.29, 0.717) is 6.04 Å². The Bertz CT molecular complexity index is 365. The van der Waals surface area contributed by atoms with Gasteiger partial charge in [-0.15, -0.1) is 0 Å². The maximum atomic E-state index is 13.8.